The molecule has 1 heterocycles. The third-order valence-electron chi connectivity index (χ3n) is 3.22. The minimum atomic E-state index is -0.614. The van der Waals surface area contributed by atoms with Gasteiger partial charge in [0.2, 0.25) is 5.91 Å². The summed E-state index contributed by atoms with van der Waals surface area (Å²) in [6, 6.07) is 3.53. The fourth-order valence-electron chi connectivity index (χ4n) is 1.71. The zero-order chi connectivity index (χ0) is 16.1. The maximum absolute atomic E-state index is 11.8. The monoisotopic (exact) mass is 305 g/mol. The summed E-state index contributed by atoms with van der Waals surface area (Å²) in [6.45, 7) is 1.36. The summed E-state index contributed by atoms with van der Waals surface area (Å²) in [5, 5.41) is 2.79. The SMILES string of the molecule is Cc1ccc(C(=O)OCC(=O)N(C)CC(=O)NC2CC2)cn1. The number of aromatic nitrogens is 1. The molecule has 2 rings (SSSR count). The summed E-state index contributed by atoms with van der Waals surface area (Å²) in [7, 11) is 1.50. The van der Waals surface area contributed by atoms with Crippen LogP contribution in [-0.2, 0) is 14.3 Å². The number of carbonyl (C=O) groups excluding carboxylic acids is 3. The number of aryl methyl sites for hydroxylation is 1. The number of hydrogen-bond acceptors (Lipinski definition) is 5. The lowest BCUT2D eigenvalue weighted by molar-refractivity contribution is -0.137. The number of hydrogen-bond donors (Lipinski definition) is 1. The molecule has 1 aromatic rings. The summed E-state index contributed by atoms with van der Waals surface area (Å²) < 4.78 is 4.92. The Bertz CT molecular complexity index is 567. The molecule has 7 heteroatoms. The number of rotatable bonds is 6. The number of amides is 2. The van der Waals surface area contributed by atoms with Crippen molar-refractivity contribution in [2.45, 2.75) is 25.8 Å². The Hall–Kier alpha value is -2.44. The second-order valence-electron chi connectivity index (χ2n) is 5.36. The first-order valence-electron chi connectivity index (χ1n) is 7.09. The second-order valence-corrected chi connectivity index (χ2v) is 5.36. The molecule has 0 aliphatic heterocycles. The minimum Gasteiger partial charge on any atom is -0.452 e. The molecule has 22 heavy (non-hydrogen) atoms. The molecular weight excluding hydrogens is 286 g/mol. The van der Waals surface area contributed by atoms with E-state index in [0.717, 1.165) is 18.5 Å². The fourth-order valence-corrected chi connectivity index (χ4v) is 1.71. The predicted molar refractivity (Wildman–Crippen MR) is 78.1 cm³/mol. The highest BCUT2D eigenvalue weighted by Crippen LogP contribution is 2.18. The molecule has 0 bridgehead atoms. The van der Waals surface area contributed by atoms with Crippen LogP contribution in [-0.4, -0.2) is 53.9 Å². The number of pyridine rings is 1. The molecular formula is C15H19N3O4. The number of nitrogens with zero attached hydrogens (tertiary/aromatic N) is 2. The van der Waals surface area contributed by atoms with E-state index in [1.165, 1.54) is 18.1 Å². The average Bonchev–Trinajstić information content (AvgIpc) is 3.28. The Morgan fingerprint density at radius 1 is 1.36 bits per heavy atom. The van der Waals surface area contributed by atoms with Crippen LogP contribution in [0, 0.1) is 6.92 Å². The quantitative estimate of drug-likeness (QED) is 0.763. The summed E-state index contributed by atoms with van der Waals surface area (Å²) in [6.07, 6.45) is 3.38. The van der Waals surface area contributed by atoms with E-state index in [-0.39, 0.29) is 24.1 Å². The van der Waals surface area contributed by atoms with Crippen molar-refractivity contribution in [2.75, 3.05) is 20.2 Å². The van der Waals surface area contributed by atoms with Crippen LogP contribution >= 0.6 is 0 Å². The van der Waals surface area contributed by atoms with Crippen molar-refractivity contribution in [2.24, 2.45) is 0 Å². The van der Waals surface area contributed by atoms with Gasteiger partial charge in [-0.2, -0.15) is 0 Å². The van der Waals surface area contributed by atoms with Gasteiger partial charge in [-0.1, -0.05) is 0 Å². The van der Waals surface area contributed by atoms with Gasteiger partial charge in [-0.15, -0.1) is 0 Å². The minimum absolute atomic E-state index is 0.0427. The second kappa shape index (κ2) is 7.02. The fraction of sp³-hybridized carbons (Fsp3) is 0.467. The van der Waals surface area contributed by atoms with Crippen molar-refractivity contribution in [3.05, 3.63) is 29.6 Å². The number of likely N-dealkylation sites (N-methyl/N-ethyl adjacent to an activating group) is 1. The maximum Gasteiger partial charge on any atom is 0.340 e. The summed E-state index contributed by atoms with van der Waals surface area (Å²) >= 11 is 0. The standard InChI is InChI=1S/C15H19N3O4/c1-10-3-4-11(7-16-10)15(21)22-9-14(20)18(2)8-13(19)17-12-5-6-12/h3-4,7,12H,5-6,8-9H2,1-2H3,(H,17,19). The van der Waals surface area contributed by atoms with E-state index in [9.17, 15) is 14.4 Å². The van der Waals surface area contributed by atoms with E-state index in [1.807, 2.05) is 0 Å². The van der Waals surface area contributed by atoms with E-state index in [2.05, 4.69) is 10.3 Å². The number of ether oxygens (including phenoxy) is 1. The van der Waals surface area contributed by atoms with E-state index in [4.69, 9.17) is 4.74 Å². The molecule has 1 aliphatic rings. The van der Waals surface area contributed by atoms with Gasteiger partial charge in [-0.05, 0) is 31.9 Å². The molecule has 0 spiro atoms. The van der Waals surface area contributed by atoms with Crippen molar-refractivity contribution >= 4 is 17.8 Å². The van der Waals surface area contributed by atoms with Gasteiger partial charge in [-0.25, -0.2) is 4.79 Å². The highest BCUT2D eigenvalue weighted by molar-refractivity contribution is 5.91. The lowest BCUT2D eigenvalue weighted by atomic mass is 10.2. The molecule has 1 N–H and O–H groups in total. The third kappa shape index (κ3) is 4.83. The Labute approximate surface area is 128 Å². The van der Waals surface area contributed by atoms with Gasteiger partial charge in [0.15, 0.2) is 6.61 Å². The first kappa shape index (κ1) is 15.9. The van der Waals surface area contributed by atoms with Crippen molar-refractivity contribution in [1.82, 2.24) is 15.2 Å². The van der Waals surface area contributed by atoms with Crippen LogP contribution in [0.25, 0.3) is 0 Å². The molecule has 0 unspecified atom stereocenters. The topological polar surface area (TPSA) is 88.6 Å². The molecule has 0 atom stereocenters. The molecule has 2 amide bonds. The lowest BCUT2D eigenvalue weighted by Gasteiger charge is -2.16. The van der Waals surface area contributed by atoms with Crippen LogP contribution in [0.5, 0.6) is 0 Å². The van der Waals surface area contributed by atoms with Crippen LogP contribution < -0.4 is 5.32 Å². The predicted octanol–water partition coefficient (Wildman–Crippen LogP) is 0.284. The molecule has 118 valence electrons. The van der Waals surface area contributed by atoms with Crippen molar-refractivity contribution in [1.29, 1.82) is 0 Å². The van der Waals surface area contributed by atoms with Gasteiger partial charge < -0.3 is 15.0 Å². The Balaban J connectivity index is 1.74. The third-order valence-corrected chi connectivity index (χ3v) is 3.22. The number of nitrogens with one attached hydrogen (secondary N) is 1. The van der Waals surface area contributed by atoms with Crippen molar-refractivity contribution in [3.8, 4) is 0 Å². The largest absolute Gasteiger partial charge is 0.452 e. The zero-order valence-electron chi connectivity index (χ0n) is 12.7. The van der Waals surface area contributed by atoms with Crippen LogP contribution in [0.15, 0.2) is 18.3 Å². The van der Waals surface area contributed by atoms with Crippen LogP contribution in [0.4, 0.5) is 0 Å². The molecule has 1 saturated carbocycles. The zero-order valence-corrected chi connectivity index (χ0v) is 12.7. The Morgan fingerprint density at radius 3 is 2.68 bits per heavy atom. The van der Waals surface area contributed by atoms with Crippen molar-refractivity contribution < 1.29 is 19.1 Å². The maximum atomic E-state index is 11.8. The average molecular weight is 305 g/mol. The van der Waals surface area contributed by atoms with Crippen LogP contribution in [0.3, 0.4) is 0 Å². The first-order valence-corrected chi connectivity index (χ1v) is 7.09. The molecule has 0 saturated heterocycles. The molecule has 1 fully saturated rings. The summed E-state index contributed by atoms with van der Waals surface area (Å²) in [4.78, 5) is 40.4. The Kier molecular flexibility index (Phi) is 5.08. The van der Waals surface area contributed by atoms with Gasteiger partial charge in [0, 0.05) is 25.0 Å². The first-order chi connectivity index (χ1) is 10.5. The van der Waals surface area contributed by atoms with E-state index < -0.39 is 18.5 Å². The number of esters is 1. The molecule has 0 radical (unpaired) electrons. The van der Waals surface area contributed by atoms with Crippen LogP contribution in [0.1, 0.15) is 28.9 Å². The molecule has 0 aromatic carbocycles. The van der Waals surface area contributed by atoms with E-state index >= 15 is 0 Å². The number of carbonyl (C=O) groups is 3. The summed E-state index contributed by atoms with van der Waals surface area (Å²) in [5.41, 5.74) is 1.07. The van der Waals surface area contributed by atoms with Crippen molar-refractivity contribution in [3.63, 3.8) is 0 Å². The van der Waals surface area contributed by atoms with Gasteiger partial charge in [0.1, 0.15) is 0 Å². The molecule has 1 aromatic heterocycles. The van der Waals surface area contributed by atoms with E-state index in [0.29, 0.717) is 0 Å². The smallest absolute Gasteiger partial charge is 0.340 e. The molecule has 1 aliphatic carbocycles. The van der Waals surface area contributed by atoms with Gasteiger partial charge >= 0.3 is 5.97 Å². The highest BCUT2D eigenvalue weighted by Gasteiger charge is 2.24. The van der Waals surface area contributed by atoms with Gasteiger partial charge in [0.25, 0.3) is 5.91 Å². The highest BCUT2D eigenvalue weighted by atomic mass is 16.5. The summed E-state index contributed by atoms with van der Waals surface area (Å²) in [5.74, 6) is -1.25. The lowest BCUT2D eigenvalue weighted by Crippen LogP contribution is -2.40. The molecule has 7 nitrogen and oxygen atoms in total. The normalized spacial score (nSPS) is 13.4. The van der Waals surface area contributed by atoms with Crippen LogP contribution in [0.2, 0.25) is 0 Å². The van der Waals surface area contributed by atoms with Gasteiger partial charge in [0.05, 0.1) is 12.1 Å². The Morgan fingerprint density at radius 2 is 2.09 bits per heavy atom. The van der Waals surface area contributed by atoms with Gasteiger partial charge in [-0.3, -0.25) is 14.6 Å². The van der Waals surface area contributed by atoms with E-state index in [1.54, 1.807) is 19.1 Å².